The van der Waals surface area contributed by atoms with Gasteiger partial charge in [-0.3, -0.25) is 4.79 Å². The van der Waals surface area contributed by atoms with E-state index < -0.39 is 10.0 Å². The third-order valence-electron chi connectivity index (χ3n) is 4.65. The molecular weight excluding hydrogens is 366 g/mol. The lowest BCUT2D eigenvalue weighted by Crippen LogP contribution is -2.48. The van der Waals surface area contributed by atoms with Crippen molar-refractivity contribution in [3.63, 3.8) is 0 Å². The molecular formula is C19H23N3O4S. The van der Waals surface area contributed by atoms with Crippen LogP contribution in [0.25, 0.3) is 0 Å². The molecule has 0 radical (unpaired) electrons. The van der Waals surface area contributed by atoms with Gasteiger partial charge in [-0.05, 0) is 37.4 Å². The second-order valence-electron chi connectivity index (χ2n) is 6.19. The number of sulfonamides is 1. The van der Waals surface area contributed by atoms with E-state index >= 15 is 0 Å². The van der Waals surface area contributed by atoms with Crippen LogP contribution < -0.4 is 14.4 Å². The van der Waals surface area contributed by atoms with E-state index in [0.717, 1.165) is 11.4 Å². The van der Waals surface area contributed by atoms with E-state index in [1.807, 2.05) is 24.3 Å². The number of benzene rings is 2. The minimum atomic E-state index is -3.58. The molecule has 0 atom stereocenters. The molecule has 7 nitrogen and oxygen atoms in total. The highest BCUT2D eigenvalue weighted by molar-refractivity contribution is 7.89. The highest BCUT2D eigenvalue weighted by atomic mass is 32.2. The normalized spacial score (nSPS) is 14.9. The molecule has 2 aromatic carbocycles. The van der Waals surface area contributed by atoms with E-state index in [-0.39, 0.29) is 10.8 Å². The van der Waals surface area contributed by atoms with E-state index in [0.29, 0.717) is 31.7 Å². The fraction of sp³-hybridized carbons (Fsp3) is 0.316. The molecule has 144 valence electrons. The van der Waals surface area contributed by atoms with Gasteiger partial charge in [0.1, 0.15) is 5.75 Å². The summed E-state index contributed by atoms with van der Waals surface area (Å²) in [5.41, 5.74) is 1.38. The molecule has 0 aliphatic carbocycles. The van der Waals surface area contributed by atoms with Gasteiger partial charge in [-0.1, -0.05) is 18.2 Å². The van der Waals surface area contributed by atoms with E-state index in [1.165, 1.54) is 19.2 Å². The van der Waals surface area contributed by atoms with Gasteiger partial charge in [0.25, 0.3) is 5.91 Å². The van der Waals surface area contributed by atoms with E-state index in [2.05, 4.69) is 9.62 Å². The molecule has 0 unspecified atom stereocenters. The summed E-state index contributed by atoms with van der Waals surface area (Å²) in [6, 6.07) is 13.9. The van der Waals surface area contributed by atoms with Crippen molar-refractivity contribution in [1.29, 1.82) is 0 Å². The van der Waals surface area contributed by atoms with E-state index in [1.54, 1.807) is 24.1 Å². The Hall–Kier alpha value is -2.58. The van der Waals surface area contributed by atoms with Crippen LogP contribution in [0.3, 0.4) is 0 Å². The number of rotatable bonds is 5. The Kier molecular flexibility index (Phi) is 5.67. The third-order valence-corrected chi connectivity index (χ3v) is 6.06. The van der Waals surface area contributed by atoms with Gasteiger partial charge in [0.15, 0.2) is 0 Å². The molecule has 2 aromatic rings. The molecule has 0 saturated carbocycles. The van der Waals surface area contributed by atoms with Gasteiger partial charge < -0.3 is 14.5 Å². The Morgan fingerprint density at radius 1 is 1.04 bits per heavy atom. The summed E-state index contributed by atoms with van der Waals surface area (Å²) >= 11 is 0. The number of anilines is 1. The number of ether oxygens (including phenoxy) is 1. The maximum Gasteiger partial charge on any atom is 0.254 e. The third kappa shape index (κ3) is 4.06. The molecule has 1 amide bonds. The molecule has 3 rings (SSSR count). The molecule has 1 saturated heterocycles. The molecule has 1 fully saturated rings. The summed E-state index contributed by atoms with van der Waals surface area (Å²) in [5.74, 6) is 0.644. The maximum atomic E-state index is 12.8. The van der Waals surface area contributed by atoms with E-state index in [9.17, 15) is 13.2 Å². The van der Waals surface area contributed by atoms with Crippen molar-refractivity contribution in [2.75, 3.05) is 45.2 Å². The van der Waals surface area contributed by atoms with Gasteiger partial charge in [0, 0.05) is 31.7 Å². The lowest BCUT2D eigenvalue weighted by Gasteiger charge is -2.36. The Morgan fingerprint density at radius 2 is 1.74 bits per heavy atom. The summed E-state index contributed by atoms with van der Waals surface area (Å²) < 4.78 is 31.6. The zero-order chi connectivity index (χ0) is 19.4. The van der Waals surface area contributed by atoms with Crippen LogP contribution in [0.5, 0.6) is 5.75 Å². The molecule has 27 heavy (non-hydrogen) atoms. The second-order valence-corrected chi connectivity index (χ2v) is 8.07. The highest BCUT2D eigenvalue weighted by Gasteiger charge is 2.24. The predicted molar refractivity (Wildman–Crippen MR) is 104 cm³/mol. The van der Waals surface area contributed by atoms with Gasteiger partial charge in [0.2, 0.25) is 10.0 Å². The lowest BCUT2D eigenvalue weighted by molar-refractivity contribution is 0.0746. The van der Waals surface area contributed by atoms with Crippen molar-refractivity contribution < 1.29 is 17.9 Å². The average molecular weight is 389 g/mol. The summed E-state index contributed by atoms with van der Waals surface area (Å²) in [4.78, 5) is 16.8. The fourth-order valence-corrected chi connectivity index (χ4v) is 3.91. The van der Waals surface area contributed by atoms with Crippen molar-refractivity contribution in [1.82, 2.24) is 9.62 Å². The number of hydrogen-bond acceptors (Lipinski definition) is 5. The molecule has 1 heterocycles. The topological polar surface area (TPSA) is 79.0 Å². The van der Waals surface area contributed by atoms with Crippen LogP contribution in [0, 0.1) is 0 Å². The van der Waals surface area contributed by atoms with Crippen LogP contribution in [0.15, 0.2) is 53.4 Å². The monoisotopic (exact) mass is 389 g/mol. The summed E-state index contributed by atoms with van der Waals surface area (Å²) in [5, 5.41) is 0. The highest BCUT2D eigenvalue weighted by Crippen LogP contribution is 2.28. The van der Waals surface area contributed by atoms with Crippen LogP contribution >= 0.6 is 0 Å². The Bertz CT molecular complexity index is 922. The van der Waals surface area contributed by atoms with Crippen LogP contribution in [-0.2, 0) is 10.0 Å². The van der Waals surface area contributed by atoms with Gasteiger partial charge in [0.05, 0.1) is 17.7 Å². The first-order valence-corrected chi connectivity index (χ1v) is 10.2. The zero-order valence-electron chi connectivity index (χ0n) is 15.4. The number of nitrogens with zero attached hydrogens (tertiary/aromatic N) is 2. The standard InChI is InChI=1S/C19H23N3O4S/c1-20-27(24,25)16-7-5-6-15(14-16)19(23)22-12-10-21(11-13-22)17-8-3-4-9-18(17)26-2/h3-9,14,20H,10-13H2,1-2H3. The quantitative estimate of drug-likeness (QED) is 0.840. The lowest BCUT2D eigenvalue weighted by atomic mass is 10.1. The number of hydrogen-bond donors (Lipinski definition) is 1. The number of para-hydroxylation sites is 2. The minimum Gasteiger partial charge on any atom is -0.495 e. The summed E-state index contributed by atoms with van der Waals surface area (Å²) in [6.07, 6.45) is 0. The van der Waals surface area contributed by atoms with E-state index in [4.69, 9.17) is 4.74 Å². The maximum absolute atomic E-state index is 12.8. The largest absolute Gasteiger partial charge is 0.495 e. The van der Waals surface area contributed by atoms with Gasteiger partial charge in [-0.25, -0.2) is 13.1 Å². The zero-order valence-corrected chi connectivity index (χ0v) is 16.2. The minimum absolute atomic E-state index is 0.0866. The first-order chi connectivity index (χ1) is 13.0. The SMILES string of the molecule is CNS(=O)(=O)c1cccc(C(=O)N2CCN(c3ccccc3OC)CC2)c1. The molecule has 0 spiro atoms. The number of carbonyl (C=O) groups excluding carboxylic acids is 1. The van der Waals surface area contributed by atoms with Gasteiger partial charge in [-0.15, -0.1) is 0 Å². The number of nitrogens with one attached hydrogen (secondary N) is 1. The Morgan fingerprint density at radius 3 is 2.41 bits per heavy atom. The molecule has 1 aliphatic heterocycles. The van der Waals surface area contributed by atoms with Crippen molar-refractivity contribution in [2.24, 2.45) is 0 Å². The summed E-state index contributed by atoms with van der Waals surface area (Å²) in [7, 11) is -0.589. The number of methoxy groups -OCH3 is 1. The molecule has 8 heteroatoms. The second kappa shape index (κ2) is 7.98. The Balaban J connectivity index is 1.71. The van der Waals surface area contributed by atoms with Crippen LogP contribution in [0.1, 0.15) is 10.4 Å². The van der Waals surface area contributed by atoms with Crippen LogP contribution in [-0.4, -0.2) is 59.6 Å². The molecule has 1 aliphatic rings. The number of carbonyl (C=O) groups is 1. The predicted octanol–water partition coefficient (Wildman–Crippen LogP) is 1.57. The van der Waals surface area contributed by atoms with Gasteiger partial charge in [-0.2, -0.15) is 0 Å². The molecule has 0 aromatic heterocycles. The van der Waals surface area contributed by atoms with Crippen LogP contribution in [0.2, 0.25) is 0 Å². The van der Waals surface area contributed by atoms with Gasteiger partial charge >= 0.3 is 0 Å². The average Bonchev–Trinajstić information content (AvgIpc) is 2.73. The number of amides is 1. The van der Waals surface area contributed by atoms with Crippen molar-refractivity contribution >= 4 is 21.6 Å². The van der Waals surface area contributed by atoms with Crippen molar-refractivity contribution in [2.45, 2.75) is 4.90 Å². The first-order valence-electron chi connectivity index (χ1n) is 8.67. The fourth-order valence-electron chi connectivity index (χ4n) is 3.14. The first kappa shape index (κ1) is 19.2. The van der Waals surface area contributed by atoms with Crippen molar-refractivity contribution in [3.8, 4) is 5.75 Å². The number of piperazine rings is 1. The van der Waals surface area contributed by atoms with Crippen molar-refractivity contribution in [3.05, 3.63) is 54.1 Å². The Labute approximate surface area is 159 Å². The smallest absolute Gasteiger partial charge is 0.254 e. The molecule has 0 bridgehead atoms. The van der Waals surface area contributed by atoms with Crippen LogP contribution in [0.4, 0.5) is 5.69 Å². The summed E-state index contributed by atoms with van der Waals surface area (Å²) in [6.45, 7) is 2.47. The molecule has 1 N–H and O–H groups in total.